The predicted molar refractivity (Wildman–Crippen MR) is 101 cm³/mol. The molecule has 1 aliphatic heterocycles. The number of carbonyl (C=O) groups excluding carboxylic acids is 1. The van der Waals surface area contributed by atoms with Gasteiger partial charge in [-0.2, -0.15) is 0 Å². The zero-order valence-electron chi connectivity index (χ0n) is 13.7. The first-order valence-electron chi connectivity index (χ1n) is 8.13. The first-order chi connectivity index (χ1) is 11.5. The van der Waals surface area contributed by atoms with Crippen LogP contribution in [-0.4, -0.2) is 29.9 Å². The average molecular weight is 388 g/mol. The van der Waals surface area contributed by atoms with E-state index in [0.29, 0.717) is 6.54 Å². The number of nitrogens with two attached hydrogens (primary N) is 1. The Kier molecular flexibility index (Phi) is 4.92. The second-order valence-electron chi connectivity index (χ2n) is 6.46. The molecule has 1 fully saturated rings. The molecule has 2 atom stereocenters. The van der Waals surface area contributed by atoms with Crippen molar-refractivity contribution in [1.82, 2.24) is 4.90 Å². The van der Waals surface area contributed by atoms with Gasteiger partial charge in [-0.15, -0.1) is 0 Å². The van der Waals surface area contributed by atoms with Crippen molar-refractivity contribution in [3.8, 4) is 0 Å². The van der Waals surface area contributed by atoms with Crippen LogP contribution in [0.5, 0.6) is 0 Å². The number of anilines is 1. The molecule has 3 rings (SSSR count). The van der Waals surface area contributed by atoms with Crippen molar-refractivity contribution >= 4 is 27.5 Å². The molecule has 1 amide bonds. The van der Waals surface area contributed by atoms with Crippen molar-refractivity contribution in [3.05, 3.63) is 64.6 Å². The van der Waals surface area contributed by atoms with Crippen LogP contribution in [-0.2, 0) is 10.3 Å². The third-order valence-corrected chi connectivity index (χ3v) is 5.04. The molecule has 2 aromatic carbocycles. The van der Waals surface area contributed by atoms with E-state index in [0.717, 1.165) is 28.7 Å². The van der Waals surface area contributed by atoms with Crippen LogP contribution in [0.2, 0.25) is 0 Å². The van der Waals surface area contributed by atoms with E-state index in [1.165, 1.54) is 0 Å². The predicted octanol–water partition coefficient (Wildman–Crippen LogP) is 3.34. The lowest BCUT2D eigenvalue weighted by molar-refractivity contribution is -0.135. The van der Waals surface area contributed by atoms with E-state index in [-0.39, 0.29) is 11.9 Å². The summed E-state index contributed by atoms with van der Waals surface area (Å²) >= 11 is 3.41. The first kappa shape index (κ1) is 17.0. The van der Waals surface area contributed by atoms with Gasteiger partial charge in [0.05, 0.1) is 0 Å². The van der Waals surface area contributed by atoms with Crippen molar-refractivity contribution in [1.29, 1.82) is 0 Å². The monoisotopic (exact) mass is 387 g/mol. The maximum absolute atomic E-state index is 12.9. The molecule has 4 nitrogen and oxygen atoms in total. The molecule has 0 aliphatic carbocycles. The molecule has 2 unspecified atom stereocenters. The van der Waals surface area contributed by atoms with Gasteiger partial charge in [-0.1, -0.05) is 46.3 Å². The highest BCUT2D eigenvalue weighted by Gasteiger charge is 2.37. The molecule has 5 heteroatoms. The summed E-state index contributed by atoms with van der Waals surface area (Å²) in [6.45, 7) is 3.19. The molecular formula is C19H22BrN3O. The Morgan fingerprint density at radius 3 is 2.54 bits per heavy atom. The Hall–Kier alpha value is -1.85. The fourth-order valence-electron chi connectivity index (χ4n) is 3.08. The molecule has 0 radical (unpaired) electrons. The number of nitrogens with zero attached hydrogens (tertiary/aromatic N) is 1. The van der Waals surface area contributed by atoms with E-state index in [2.05, 4.69) is 21.2 Å². The van der Waals surface area contributed by atoms with Crippen LogP contribution < -0.4 is 11.1 Å². The van der Waals surface area contributed by atoms with Crippen LogP contribution >= 0.6 is 15.9 Å². The standard InChI is InChI=1S/C19H22BrN3O/c1-19(21,14-7-9-15(20)10-8-14)18(24)23-12-11-17(13-23)22-16-5-3-2-4-6-16/h2-10,17,22H,11-13,21H2,1H3. The lowest BCUT2D eigenvalue weighted by Crippen LogP contribution is -2.50. The number of hydrogen-bond acceptors (Lipinski definition) is 3. The van der Waals surface area contributed by atoms with Gasteiger partial charge in [-0.25, -0.2) is 0 Å². The molecular weight excluding hydrogens is 366 g/mol. The van der Waals surface area contributed by atoms with Crippen LogP contribution in [0.4, 0.5) is 5.69 Å². The maximum atomic E-state index is 12.9. The molecule has 3 N–H and O–H groups in total. The number of amides is 1. The SMILES string of the molecule is CC(N)(C(=O)N1CCC(Nc2ccccc2)C1)c1ccc(Br)cc1. The number of halogens is 1. The lowest BCUT2D eigenvalue weighted by Gasteiger charge is -2.29. The van der Waals surface area contributed by atoms with Crippen molar-refractivity contribution in [3.63, 3.8) is 0 Å². The number of likely N-dealkylation sites (tertiary alicyclic amines) is 1. The number of carbonyl (C=O) groups is 1. The van der Waals surface area contributed by atoms with Gasteiger partial charge >= 0.3 is 0 Å². The quantitative estimate of drug-likeness (QED) is 0.845. The van der Waals surface area contributed by atoms with Gasteiger partial charge in [0.25, 0.3) is 0 Å². The Morgan fingerprint density at radius 2 is 1.88 bits per heavy atom. The normalized spacial score (nSPS) is 19.8. The van der Waals surface area contributed by atoms with Crippen molar-refractivity contribution in [2.24, 2.45) is 5.73 Å². The summed E-state index contributed by atoms with van der Waals surface area (Å²) in [7, 11) is 0. The summed E-state index contributed by atoms with van der Waals surface area (Å²) in [4.78, 5) is 14.8. The van der Waals surface area contributed by atoms with Crippen LogP contribution in [0.25, 0.3) is 0 Å². The lowest BCUT2D eigenvalue weighted by atomic mass is 9.92. The summed E-state index contributed by atoms with van der Waals surface area (Å²) in [5, 5.41) is 3.48. The molecule has 0 bridgehead atoms. The highest BCUT2D eigenvalue weighted by atomic mass is 79.9. The number of benzene rings is 2. The van der Waals surface area contributed by atoms with Gasteiger partial charge in [0, 0.05) is 29.3 Å². The fourth-order valence-corrected chi connectivity index (χ4v) is 3.35. The molecule has 126 valence electrons. The zero-order chi connectivity index (χ0) is 17.2. The Labute approximate surface area is 151 Å². The van der Waals surface area contributed by atoms with Gasteiger partial charge in [0.15, 0.2) is 0 Å². The zero-order valence-corrected chi connectivity index (χ0v) is 15.3. The molecule has 2 aromatic rings. The molecule has 0 aromatic heterocycles. The van der Waals surface area contributed by atoms with Gasteiger partial charge in [0.1, 0.15) is 5.54 Å². The van der Waals surface area contributed by atoms with Crippen LogP contribution in [0.1, 0.15) is 18.9 Å². The van der Waals surface area contributed by atoms with Crippen molar-refractivity contribution in [2.45, 2.75) is 24.9 Å². The summed E-state index contributed by atoms with van der Waals surface area (Å²) in [5.41, 5.74) is 7.28. The third kappa shape index (κ3) is 3.62. The third-order valence-electron chi connectivity index (χ3n) is 4.51. The fraction of sp³-hybridized carbons (Fsp3) is 0.316. The summed E-state index contributed by atoms with van der Waals surface area (Å²) in [5.74, 6) is -0.0258. The summed E-state index contributed by atoms with van der Waals surface area (Å²) in [6.07, 6.45) is 0.928. The van der Waals surface area contributed by atoms with E-state index >= 15 is 0 Å². The smallest absolute Gasteiger partial charge is 0.247 e. The minimum atomic E-state index is -1.01. The van der Waals surface area contributed by atoms with E-state index in [9.17, 15) is 4.79 Å². The molecule has 0 spiro atoms. The largest absolute Gasteiger partial charge is 0.380 e. The molecule has 0 saturated carbocycles. The average Bonchev–Trinajstić information content (AvgIpc) is 3.04. The highest BCUT2D eigenvalue weighted by Crippen LogP contribution is 2.25. The second kappa shape index (κ2) is 6.95. The highest BCUT2D eigenvalue weighted by molar-refractivity contribution is 9.10. The van der Waals surface area contributed by atoms with Gasteiger partial charge in [0.2, 0.25) is 5.91 Å². The number of nitrogens with one attached hydrogen (secondary N) is 1. The summed E-state index contributed by atoms with van der Waals surface area (Å²) < 4.78 is 0.975. The number of hydrogen-bond donors (Lipinski definition) is 2. The topological polar surface area (TPSA) is 58.4 Å². The van der Waals surface area contributed by atoms with Crippen molar-refractivity contribution in [2.75, 3.05) is 18.4 Å². The minimum Gasteiger partial charge on any atom is -0.380 e. The Morgan fingerprint density at radius 1 is 1.21 bits per heavy atom. The Bertz CT molecular complexity index is 700. The Balaban J connectivity index is 1.66. The van der Waals surface area contributed by atoms with Gasteiger partial charge < -0.3 is 16.0 Å². The van der Waals surface area contributed by atoms with Crippen molar-refractivity contribution < 1.29 is 4.79 Å². The molecule has 1 saturated heterocycles. The van der Waals surface area contributed by atoms with E-state index < -0.39 is 5.54 Å². The second-order valence-corrected chi connectivity index (χ2v) is 7.37. The number of rotatable bonds is 4. The minimum absolute atomic E-state index is 0.0258. The van der Waals surface area contributed by atoms with Crippen LogP contribution in [0.15, 0.2) is 59.1 Å². The maximum Gasteiger partial charge on any atom is 0.247 e. The number of para-hydroxylation sites is 1. The van der Waals surface area contributed by atoms with Gasteiger partial charge in [-0.3, -0.25) is 4.79 Å². The molecule has 1 heterocycles. The van der Waals surface area contributed by atoms with E-state index in [1.54, 1.807) is 6.92 Å². The summed E-state index contributed by atoms with van der Waals surface area (Å²) in [6, 6.07) is 18.0. The van der Waals surface area contributed by atoms with E-state index in [4.69, 9.17) is 5.73 Å². The van der Waals surface area contributed by atoms with E-state index in [1.807, 2.05) is 59.5 Å². The van der Waals surface area contributed by atoms with Gasteiger partial charge in [-0.05, 0) is 43.2 Å². The molecule has 1 aliphatic rings. The van der Waals surface area contributed by atoms with Crippen LogP contribution in [0.3, 0.4) is 0 Å². The molecule has 24 heavy (non-hydrogen) atoms. The first-order valence-corrected chi connectivity index (χ1v) is 8.92. The van der Waals surface area contributed by atoms with Crippen LogP contribution in [0, 0.1) is 0 Å².